The van der Waals surface area contributed by atoms with Gasteiger partial charge in [-0.05, 0) is 38.3 Å². The van der Waals surface area contributed by atoms with Gasteiger partial charge in [0.05, 0.1) is 18.1 Å². The third-order valence-electron chi connectivity index (χ3n) is 5.53. The number of ether oxygens (including phenoxy) is 1. The second-order valence-electron chi connectivity index (χ2n) is 7.61. The highest BCUT2D eigenvalue weighted by Gasteiger charge is 2.48. The number of carbonyl (C=O) groups excluding carboxylic acids is 1. The lowest BCUT2D eigenvalue weighted by atomic mass is 9.74. The summed E-state index contributed by atoms with van der Waals surface area (Å²) in [5.41, 5.74) is 12.9. The van der Waals surface area contributed by atoms with E-state index in [-0.39, 0.29) is 23.7 Å². The van der Waals surface area contributed by atoms with Crippen molar-refractivity contribution in [2.45, 2.75) is 74.8 Å². The van der Waals surface area contributed by atoms with Gasteiger partial charge >= 0.3 is 5.97 Å². The van der Waals surface area contributed by atoms with Gasteiger partial charge in [-0.2, -0.15) is 0 Å². The number of rotatable bonds is 9. The average molecular weight is 409 g/mol. The summed E-state index contributed by atoms with van der Waals surface area (Å²) in [6.45, 7) is 6.09. The number of hydrogen-bond acceptors (Lipinski definition) is 5. The molecular weight excluding hydrogens is 376 g/mol. The summed E-state index contributed by atoms with van der Waals surface area (Å²) in [6, 6.07) is 7.55. The number of primary amides is 1. The van der Waals surface area contributed by atoms with Gasteiger partial charge in [0.25, 0.3) is 0 Å². The van der Waals surface area contributed by atoms with Crippen molar-refractivity contribution in [3.63, 3.8) is 0 Å². The molecule has 1 aromatic rings. The first-order valence-electron chi connectivity index (χ1n) is 9.92. The van der Waals surface area contributed by atoms with Crippen molar-refractivity contribution in [1.82, 2.24) is 0 Å². The lowest BCUT2D eigenvalue weighted by Crippen LogP contribution is -2.56. The normalized spacial score (nSPS) is 27.7. The van der Waals surface area contributed by atoms with Gasteiger partial charge in [0.2, 0.25) is 5.91 Å². The van der Waals surface area contributed by atoms with Crippen molar-refractivity contribution in [3.8, 4) is 0 Å². The minimum atomic E-state index is -0.879. The van der Waals surface area contributed by atoms with E-state index in [1.165, 1.54) is 11.8 Å². The summed E-state index contributed by atoms with van der Waals surface area (Å²) in [7, 11) is 0. The fourth-order valence-corrected chi connectivity index (χ4v) is 5.26. The molecule has 0 spiro atoms. The topological polar surface area (TPSA) is 116 Å². The molecule has 0 aliphatic heterocycles. The van der Waals surface area contributed by atoms with Crippen LogP contribution in [0.1, 0.15) is 45.1 Å². The molecule has 5 N–H and O–H groups in total. The lowest BCUT2D eigenvalue weighted by molar-refractivity contribution is -0.148. The van der Waals surface area contributed by atoms with Gasteiger partial charge in [-0.1, -0.05) is 31.5 Å². The maximum atomic E-state index is 12.0. The molecule has 1 aliphatic carbocycles. The van der Waals surface area contributed by atoms with Crippen LogP contribution in [0.25, 0.3) is 0 Å². The molecule has 5 atom stereocenters. The molecule has 5 unspecified atom stereocenters. The molecule has 1 saturated carbocycles. The number of carbonyl (C=O) groups is 2. The fraction of sp³-hybridized carbons (Fsp3) is 0.619. The van der Waals surface area contributed by atoms with Crippen molar-refractivity contribution in [2.75, 3.05) is 0 Å². The Labute approximate surface area is 171 Å². The number of carboxylic acids is 1. The molecule has 0 aromatic heterocycles. The van der Waals surface area contributed by atoms with Crippen molar-refractivity contribution >= 4 is 23.6 Å². The number of nitrogens with two attached hydrogens (primary N) is 2. The quantitative estimate of drug-likeness (QED) is 0.578. The molecule has 6 nitrogen and oxygen atoms in total. The van der Waals surface area contributed by atoms with Crippen LogP contribution in [0.15, 0.2) is 29.2 Å². The van der Waals surface area contributed by atoms with Crippen LogP contribution in [0.2, 0.25) is 0 Å². The Morgan fingerprint density at radius 2 is 1.86 bits per heavy atom. The maximum Gasteiger partial charge on any atom is 0.307 e. The van der Waals surface area contributed by atoms with Gasteiger partial charge in [-0.3, -0.25) is 9.59 Å². The molecule has 1 aromatic carbocycles. The first kappa shape index (κ1) is 22.7. The number of thioether (sulfide) groups is 1. The summed E-state index contributed by atoms with van der Waals surface area (Å²) in [4.78, 5) is 24.7. The van der Waals surface area contributed by atoms with E-state index in [4.69, 9.17) is 16.2 Å². The van der Waals surface area contributed by atoms with Crippen molar-refractivity contribution in [1.29, 1.82) is 0 Å². The minimum absolute atomic E-state index is 0.0127. The number of amides is 1. The molecule has 7 heteroatoms. The highest BCUT2D eigenvalue weighted by molar-refractivity contribution is 8.00. The van der Waals surface area contributed by atoms with Crippen LogP contribution in [0, 0.1) is 18.8 Å². The first-order chi connectivity index (χ1) is 13.3. The van der Waals surface area contributed by atoms with Crippen LogP contribution in [-0.4, -0.2) is 40.5 Å². The smallest absolute Gasteiger partial charge is 0.307 e. The van der Waals surface area contributed by atoms with E-state index in [0.717, 1.165) is 23.3 Å². The summed E-state index contributed by atoms with van der Waals surface area (Å²) in [6.07, 6.45) is 1.56. The largest absolute Gasteiger partial charge is 0.481 e. The number of carboxylic acid groups (broad SMARTS) is 1. The van der Waals surface area contributed by atoms with Crippen LogP contribution in [0.5, 0.6) is 0 Å². The SMILES string of the molecule is CCC(CC)OC1C(CC(N)=O)C(N)CC(C(=O)O)C1Sc1ccc(C)cc1. The molecule has 28 heavy (non-hydrogen) atoms. The zero-order valence-corrected chi connectivity index (χ0v) is 17.7. The third-order valence-corrected chi connectivity index (χ3v) is 6.94. The molecule has 0 radical (unpaired) electrons. The van der Waals surface area contributed by atoms with Crippen LogP contribution in [0.3, 0.4) is 0 Å². The highest BCUT2D eigenvalue weighted by Crippen LogP contribution is 2.43. The Morgan fingerprint density at radius 1 is 1.25 bits per heavy atom. The van der Waals surface area contributed by atoms with Gasteiger partial charge in [0.1, 0.15) is 0 Å². The molecule has 1 aliphatic rings. The van der Waals surface area contributed by atoms with E-state index in [9.17, 15) is 14.7 Å². The Kier molecular flexibility index (Phi) is 8.34. The molecule has 156 valence electrons. The summed E-state index contributed by atoms with van der Waals surface area (Å²) in [5.74, 6) is -2.26. The molecular formula is C21H32N2O4S. The van der Waals surface area contributed by atoms with Gasteiger partial charge in [-0.25, -0.2) is 0 Å². The lowest BCUT2D eigenvalue weighted by Gasteiger charge is -2.45. The number of benzene rings is 1. The minimum Gasteiger partial charge on any atom is -0.481 e. The van der Waals surface area contributed by atoms with Crippen LogP contribution in [0.4, 0.5) is 0 Å². The summed E-state index contributed by atoms with van der Waals surface area (Å²) >= 11 is 1.50. The number of hydrogen-bond donors (Lipinski definition) is 3. The zero-order chi connectivity index (χ0) is 20.8. The molecule has 0 saturated heterocycles. The van der Waals surface area contributed by atoms with E-state index in [2.05, 4.69) is 0 Å². The fourth-order valence-electron chi connectivity index (χ4n) is 3.86. The average Bonchev–Trinajstić information content (AvgIpc) is 2.64. The molecule has 0 heterocycles. The van der Waals surface area contributed by atoms with Gasteiger partial charge in [0, 0.05) is 28.5 Å². The summed E-state index contributed by atoms with van der Waals surface area (Å²) in [5, 5.41) is 9.52. The molecule has 1 amide bonds. The van der Waals surface area contributed by atoms with Gasteiger partial charge in [-0.15, -0.1) is 11.8 Å². The Bertz CT molecular complexity index is 663. The zero-order valence-electron chi connectivity index (χ0n) is 16.8. The van der Waals surface area contributed by atoms with Gasteiger partial charge < -0.3 is 21.3 Å². The van der Waals surface area contributed by atoms with Crippen LogP contribution < -0.4 is 11.5 Å². The predicted molar refractivity (Wildman–Crippen MR) is 111 cm³/mol. The van der Waals surface area contributed by atoms with Crippen molar-refractivity contribution in [3.05, 3.63) is 29.8 Å². The maximum absolute atomic E-state index is 12.0. The first-order valence-corrected chi connectivity index (χ1v) is 10.8. The summed E-state index contributed by atoms with van der Waals surface area (Å²) < 4.78 is 6.39. The van der Waals surface area contributed by atoms with Crippen molar-refractivity contribution in [2.24, 2.45) is 23.3 Å². The molecule has 2 rings (SSSR count). The Hall–Kier alpha value is -1.57. The van der Waals surface area contributed by atoms with Gasteiger partial charge in [0.15, 0.2) is 0 Å². The standard InChI is InChI=1S/C21H32N2O4S/c1-4-13(5-2)27-19-15(11-18(23)24)17(22)10-16(21(25)26)20(19)28-14-8-6-12(3)7-9-14/h6-9,13,15-17,19-20H,4-5,10-11,22H2,1-3H3,(H2,23,24)(H,25,26). The van der Waals surface area contributed by atoms with Crippen molar-refractivity contribution < 1.29 is 19.4 Å². The second kappa shape index (κ2) is 10.3. The number of aryl methyl sites for hydroxylation is 1. The second-order valence-corrected chi connectivity index (χ2v) is 8.86. The van der Waals surface area contributed by atoms with E-state index < -0.39 is 29.9 Å². The van der Waals surface area contributed by atoms with Crippen LogP contribution in [-0.2, 0) is 14.3 Å². The third kappa shape index (κ3) is 5.72. The van der Waals surface area contributed by atoms with E-state index in [1.54, 1.807) is 0 Å². The van der Waals surface area contributed by atoms with E-state index in [1.807, 2.05) is 45.0 Å². The number of aliphatic carboxylic acids is 1. The van der Waals surface area contributed by atoms with Crippen LogP contribution >= 0.6 is 11.8 Å². The molecule has 1 fully saturated rings. The highest BCUT2D eigenvalue weighted by atomic mass is 32.2. The Balaban J connectivity index is 2.40. The molecule has 0 bridgehead atoms. The van der Waals surface area contributed by atoms with E-state index >= 15 is 0 Å². The monoisotopic (exact) mass is 408 g/mol. The Morgan fingerprint density at radius 3 is 2.36 bits per heavy atom. The van der Waals surface area contributed by atoms with E-state index in [0.29, 0.717) is 6.42 Å². The predicted octanol–water partition coefficient (Wildman–Crippen LogP) is 2.95.